The van der Waals surface area contributed by atoms with Gasteiger partial charge < -0.3 is 37.3 Å². The molecule has 7 nitrogen and oxygen atoms in total. The van der Waals surface area contributed by atoms with E-state index in [2.05, 4.69) is 0 Å². The van der Waals surface area contributed by atoms with E-state index in [1.807, 2.05) is 0 Å². The standard InChI is InChI=1S/C5H13NO.C4H11NO2.C3H9NO/c6-4-2-1-3-5-7;5-1-3-7-4-2-6;4-2-1-3-5/h7H,1-6H2;6H,1-5H2;5H,1-4H2. The van der Waals surface area contributed by atoms with Crippen LogP contribution in [0.15, 0.2) is 0 Å². The molecule has 9 N–H and O–H groups in total. The molecule has 0 bridgehead atoms. The fourth-order valence-electron chi connectivity index (χ4n) is 0.774. The highest BCUT2D eigenvalue weighted by atomic mass is 16.5. The zero-order chi connectivity index (χ0) is 15.2. The molecule has 0 rings (SSSR count). The van der Waals surface area contributed by atoms with Gasteiger partial charge in [-0.3, -0.25) is 0 Å². The van der Waals surface area contributed by atoms with E-state index in [4.69, 9.17) is 37.3 Å². The molecule has 19 heavy (non-hydrogen) atoms. The molecule has 0 aromatic heterocycles. The number of hydrogen-bond donors (Lipinski definition) is 6. The zero-order valence-electron chi connectivity index (χ0n) is 12.0. The molecule has 0 spiro atoms. The highest BCUT2D eigenvalue weighted by Gasteiger charge is 1.81. The van der Waals surface area contributed by atoms with Gasteiger partial charge in [-0.05, 0) is 38.8 Å². The first-order valence-corrected chi connectivity index (χ1v) is 6.75. The van der Waals surface area contributed by atoms with E-state index in [-0.39, 0.29) is 13.2 Å². The maximum absolute atomic E-state index is 8.25. The van der Waals surface area contributed by atoms with Crippen molar-refractivity contribution in [3.63, 3.8) is 0 Å². The maximum atomic E-state index is 8.25. The summed E-state index contributed by atoms with van der Waals surface area (Å²) >= 11 is 0. The van der Waals surface area contributed by atoms with Crippen molar-refractivity contribution >= 4 is 0 Å². The van der Waals surface area contributed by atoms with Crippen LogP contribution in [0.3, 0.4) is 0 Å². The summed E-state index contributed by atoms with van der Waals surface area (Å²) in [6, 6.07) is 0. The summed E-state index contributed by atoms with van der Waals surface area (Å²) in [6.45, 7) is 3.42. The minimum Gasteiger partial charge on any atom is -0.396 e. The number of hydrogen-bond acceptors (Lipinski definition) is 7. The average Bonchev–Trinajstić information content (AvgIpc) is 2.42. The van der Waals surface area contributed by atoms with Gasteiger partial charge >= 0.3 is 0 Å². The predicted octanol–water partition coefficient (Wildman–Crippen LogP) is -1.61. The van der Waals surface area contributed by atoms with Gasteiger partial charge in [0.2, 0.25) is 0 Å². The van der Waals surface area contributed by atoms with Crippen LogP contribution in [-0.4, -0.2) is 68.0 Å². The van der Waals surface area contributed by atoms with Crippen LogP contribution in [0, 0.1) is 0 Å². The third kappa shape index (κ3) is 46.3. The molecule has 0 saturated heterocycles. The SMILES string of the molecule is NCCCCCO.NCCCO.NCCOCCO. The second-order valence-electron chi connectivity index (χ2n) is 3.56. The lowest BCUT2D eigenvalue weighted by molar-refractivity contribution is 0.0976. The Morgan fingerprint density at radius 1 is 0.579 bits per heavy atom. The zero-order valence-corrected chi connectivity index (χ0v) is 12.0. The molecule has 0 aliphatic rings. The van der Waals surface area contributed by atoms with E-state index in [1.165, 1.54) is 0 Å². The normalized spacial score (nSPS) is 9.16. The van der Waals surface area contributed by atoms with Crippen LogP contribution >= 0.6 is 0 Å². The third-order valence-electron chi connectivity index (χ3n) is 1.72. The van der Waals surface area contributed by atoms with Crippen molar-refractivity contribution in [2.45, 2.75) is 25.7 Å². The Hall–Kier alpha value is -0.280. The molecule has 120 valence electrons. The number of unbranched alkanes of at least 4 members (excludes halogenated alkanes) is 2. The van der Waals surface area contributed by atoms with Gasteiger partial charge in [0, 0.05) is 19.8 Å². The van der Waals surface area contributed by atoms with E-state index in [0.29, 0.717) is 32.9 Å². The molecular formula is C12H33N3O4. The Balaban J connectivity index is -0.000000206. The molecule has 0 fully saturated rings. The summed E-state index contributed by atoms with van der Waals surface area (Å²) in [7, 11) is 0. The molecule has 0 aliphatic heterocycles. The molecule has 0 aliphatic carbocycles. The average molecular weight is 283 g/mol. The molecule has 0 aromatic carbocycles. The van der Waals surface area contributed by atoms with Gasteiger partial charge in [0.1, 0.15) is 0 Å². The van der Waals surface area contributed by atoms with E-state index in [0.717, 1.165) is 32.2 Å². The second-order valence-corrected chi connectivity index (χ2v) is 3.56. The molecular weight excluding hydrogens is 250 g/mol. The van der Waals surface area contributed by atoms with Crippen molar-refractivity contribution in [2.24, 2.45) is 17.2 Å². The Morgan fingerprint density at radius 3 is 1.47 bits per heavy atom. The first kappa shape index (κ1) is 23.8. The summed E-state index contributed by atoms with van der Waals surface area (Å²) in [5.74, 6) is 0. The van der Waals surface area contributed by atoms with Crippen LogP contribution in [0.2, 0.25) is 0 Å². The lowest BCUT2D eigenvalue weighted by atomic mass is 10.2. The van der Waals surface area contributed by atoms with Crippen LogP contribution in [0.5, 0.6) is 0 Å². The molecule has 0 aromatic rings. The van der Waals surface area contributed by atoms with Crippen LogP contribution in [0.4, 0.5) is 0 Å². The number of aliphatic hydroxyl groups excluding tert-OH is 3. The van der Waals surface area contributed by atoms with E-state index in [1.54, 1.807) is 0 Å². The summed E-state index contributed by atoms with van der Waals surface area (Å²) < 4.78 is 4.76. The van der Waals surface area contributed by atoms with Gasteiger partial charge in [0.15, 0.2) is 0 Å². The largest absolute Gasteiger partial charge is 0.396 e. The summed E-state index contributed by atoms with van der Waals surface area (Å²) in [5.41, 5.74) is 15.2. The van der Waals surface area contributed by atoms with Crippen LogP contribution in [0.25, 0.3) is 0 Å². The Labute approximate surface area is 116 Å². The number of aliphatic hydroxyl groups is 3. The van der Waals surface area contributed by atoms with Crippen molar-refractivity contribution in [3.05, 3.63) is 0 Å². The first-order chi connectivity index (χ1) is 9.24. The molecule has 0 atom stereocenters. The van der Waals surface area contributed by atoms with E-state index >= 15 is 0 Å². The molecule has 7 heteroatoms. The number of rotatable bonds is 10. The number of nitrogens with two attached hydrogens (primary N) is 3. The minimum atomic E-state index is 0.0833. The lowest BCUT2D eigenvalue weighted by Gasteiger charge is -1.95. The number of ether oxygens (including phenoxy) is 1. The van der Waals surface area contributed by atoms with Crippen molar-refractivity contribution in [2.75, 3.05) is 52.7 Å². The third-order valence-corrected chi connectivity index (χ3v) is 1.72. The summed E-state index contributed by atoms with van der Waals surface area (Å²) in [6.07, 6.45) is 3.73. The van der Waals surface area contributed by atoms with Crippen molar-refractivity contribution in [1.82, 2.24) is 0 Å². The molecule has 0 saturated carbocycles. The topological polar surface area (TPSA) is 148 Å². The van der Waals surface area contributed by atoms with Gasteiger partial charge in [-0.2, -0.15) is 0 Å². The monoisotopic (exact) mass is 283 g/mol. The van der Waals surface area contributed by atoms with Gasteiger partial charge in [-0.15, -0.1) is 0 Å². The summed E-state index contributed by atoms with van der Waals surface area (Å²) in [5, 5.41) is 24.4. The van der Waals surface area contributed by atoms with Crippen LogP contribution in [-0.2, 0) is 4.74 Å². The first-order valence-electron chi connectivity index (χ1n) is 6.75. The quantitative estimate of drug-likeness (QED) is 0.264. The Kier molecular flexibility index (Phi) is 38.3. The van der Waals surface area contributed by atoms with Gasteiger partial charge in [0.05, 0.1) is 19.8 Å². The molecule has 0 radical (unpaired) electrons. The molecule has 0 unspecified atom stereocenters. The van der Waals surface area contributed by atoms with Gasteiger partial charge in [0.25, 0.3) is 0 Å². The van der Waals surface area contributed by atoms with Crippen LogP contribution < -0.4 is 17.2 Å². The minimum absolute atomic E-state index is 0.0833. The predicted molar refractivity (Wildman–Crippen MR) is 77.7 cm³/mol. The Bertz CT molecular complexity index is 101. The smallest absolute Gasteiger partial charge is 0.0698 e. The maximum Gasteiger partial charge on any atom is 0.0698 e. The van der Waals surface area contributed by atoms with E-state index in [9.17, 15) is 0 Å². The Morgan fingerprint density at radius 2 is 1.16 bits per heavy atom. The highest BCUT2D eigenvalue weighted by molar-refractivity contribution is 4.38. The van der Waals surface area contributed by atoms with Gasteiger partial charge in [-0.1, -0.05) is 0 Å². The van der Waals surface area contributed by atoms with Crippen molar-refractivity contribution in [3.8, 4) is 0 Å². The lowest BCUT2D eigenvalue weighted by Crippen LogP contribution is -2.10. The second kappa shape index (κ2) is 30.6. The van der Waals surface area contributed by atoms with Crippen molar-refractivity contribution in [1.29, 1.82) is 0 Å². The summed E-state index contributed by atoms with van der Waals surface area (Å²) in [4.78, 5) is 0. The fraction of sp³-hybridized carbons (Fsp3) is 1.00. The molecule has 0 amide bonds. The highest BCUT2D eigenvalue weighted by Crippen LogP contribution is 1.89. The van der Waals surface area contributed by atoms with Gasteiger partial charge in [-0.25, -0.2) is 0 Å². The van der Waals surface area contributed by atoms with E-state index < -0.39 is 0 Å². The van der Waals surface area contributed by atoms with Crippen LogP contribution in [0.1, 0.15) is 25.7 Å². The molecule has 0 heterocycles. The fourth-order valence-corrected chi connectivity index (χ4v) is 0.774. The van der Waals surface area contributed by atoms with Crippen molar-refractivity contribution < 1.29 is 20.1 Å².